The molecule has 3 amide bonds. The number of rotatable bonds is 7. The lowest BCUT2D eigenvalue weighted by Crippen LogP contribution is -2.39. The summed E-state index contributed by atoms with van der Waals surface area (Å²) < 4.78 is 69.7. The molecule has 0 aliphatic rings. The van der Waals surface area contributed by atoms with Crippen molar-refractivity contribution in [1.29, 1.82) is 0 Å². The van der Waals surface area contributed by atoms with Crippen molar-refractivity contribution in [1.82, 2.24) is 35.0 Å². The van der Waals surface area contributed by atoms with Gasteiger partial charge in [0.1, 0.15) is 29.7 Å². The van der Waals surface area contributed by atoms with Crippen LogP contribution in [0.4, 0.5) is 32.4 Å². The summed E-state index contributed by atoms with van der Waals surface area (Å²) in [5.74, 6) is -1.48. The number of hydrogen-bond acceptors (Lipinski definition) is 8. The number of urea groups is 1. The minimum absolute atomic E-state index is 0.103. The zero-order valence-electron chi connectivity index (χ0n) is 17.9. The van der Waals surface area contributed by atoms with E-state index in [9.17, 15) is 31.5 Å². The Morgan fingerprint density at radius 2 is 1.86 bits per heavy atom. The zero-order chi connectivity index (χ0) is 25.9. The fourth-order valence-electron chi connectivity index (χ4n) is 2.80. The molecule has 0 saturated carbocycles. The fourth-order valence-corrected chi connectivity index (χ4v) is 2.80. The monoisotopic (exact) mass is 501 g/mol. The quantitative estimate of drug-likeness (QED) is 0.467. The fraction of sp³-hybridized carbons (Fsp3) is 0.278. The summed E-state index contributed by atoms with van der Waals surface area (Å²) in [6, 6.07) is -0.311. The van der Waals surface area contributed by atoms with Crippen LogP contribution in [0.15, 0.2) is 31.0 Å². The SMILES string of the molecule is C[C@H](NC(=O)N(C)c1cnc(C(F)(F)F)cc1OC(F)F)c1ncnn1-c1cc(C(N)=O)ncn1. The maximum absolute atomic E-state index is 12.9. The number of carbonyl (C=O) groups excluding carboxylic acids is 2. The lowest BCUT2D eigenvalue weighted by Gasteiger charge is -2.23. The van der Waals surface area contributed by atoms with Gasteiger partial charge in [-0.1, -0.05) is 0 Å². The molecular weight excluding hydrogens is 485 g/mol. The molecule has 3 N–H and O–H groups in total. The van der Waals surface area contributed by atoms with Crippen LogP contribution in [0.1, 0.15) is 35.0 Å². The molecule has 0 fully saturated rings. The molecule has 0 aliphatic carbocycles. The third-order valence-corrected chi connectivity index (χ3v) is 4.44. The van der Waals surface area contributed by atoms with Gasteiger partial charge in [-0.25, -0.2) is 24.7 Å². The van der Waals surface area contributed by atoms with E-state index in [-0.39, 0.29) is 23.4 Å². The minimum atomic E-state index is -4.92. The number of amides is 3. The summed E-state index contributed by atoms with van der Waals surface area (Å²) in [4.78, 5) is 39.7. The average Bonchev–Trinajstić information content (AvgIpc) is 3.28. The number of anilines is 1. The molecular formula is C18H16F5N9O3. The van der Waals surface area contributed by atoms with Gasteiger partial charge >= 0.3 is 18.8 Å². The van der Waals surface area contributed by atoms with Gasteiger partial charge in [-0.05, 0) is 6.92 Å². The molecule has 0 spiro atoms. The van der Waals surface area contributed by atoms with Crippen LogP contribution in [-0.2, 0) is 6.18 Å². The maximum Gasteiger partial charge on any atom is 0.433 e. The molecule has 3 heterocycles. The molecule has 3 aromatic rings. The van der Waals surface area contributed by atoms with Crippen LogP contribution in [0.3, 0.4) is 0 Å². The number of nitrogens with one attached hydrogen (secondary N) is 1. The van der Waals surface area contributed by atoms with Gasteiger partial charge in [-0.15, -0.1) is 0 Å². The second kappa shape index (κ2) is 9.82. The Labute approximate surface area is 192 Å². The molecule has 0 radical (unpaired) electrons. The first-order chi connectivity index (χ1) is 16.4. The van der Waals surface area contributed by atoms with Crippen LogP contribution in [0.25, 0.3) is 5.82 Å². The Morgan fingerprint density at radius 1 is 1.14 bits per heavy atom. The van der Waals surface area contributed by atoms with Crippen molar-refractivity contribution in [3.05, 3.63) is 48.2 Å². The lowest BCUT2D eigenvalue weighted by molar-refractivity contribution is -0.141. The molecule has 186 valence electrons. The average molecular weight is 501 g/mol. The Hall–Kier alpha value is -4.44. The first kappa shape index (κ1) is 25.2. The first-order valence-electron chi connectivity index (χ1n) is 9.47. The molecule has 0 bridgehead atoms. The van der Waals surface area contributed by atoms with Crippen molar-refractivity contribution in [2.24, 2.45) is 5.73 Å². The summed E-state index contributed by atoms with van der Waals surface area (Å²) in [7, 11) is 1.11. The summed E-state index contributed by atoms with van der Waals surface area (Å²) in [5.41, 5.74) is 3.17. The van der Waals surface area contributed by atoms with Crippen molar-refractivity contribution < 1.29 is 36.3 Å². The molecule has 17 heteroatoms. The number of hydrogen-bond donors (Lipinski definition) is 2. The Morgan fingerprint density at radius 3 is 2.49 bits per heavy atom. The van der Waals surface area contributed by atoms with Crippen LogP contribution < -0.4 is 20.7 Å². The maximum atomic E-state index is 12.9. The number of nitrogens with zero attached hydrogens (tertiary/aromatic N) is 7. The Bertz CT molecular complexity index is 1230. The smallest absolute Gasteiger partial charge is 0.432 e. The summed E-state index contributed by atoms with van der Waals surface area (Å²) in [6.45, 7) is -1.96. The van der Waals surface area contributed by atoms with E-state index >= 15 is 0 Å². The van der Waals surface area contributed by atoms with Crippen molar-refractivity contribution in [3.63, 3.8) is 0 Å². The predicted octanol–water partition coefficient (Wildman–Crippen LogP) is 2.08. The summed E-state index contributed by atoms with van der Waals surface area (Å²) in [6.07, 6.45) is -2.13. The number of ether oxygens (including phenoxy) is 1. The number of aromatic nitrogens is 6. The first-order valence-corrected chi connectivity index (χ1v) is 9.47. The van der Waals surface area contributed by atoms with Crippen molar-refractivity contribution in [3.8, 4) is 11.6 Å². The molecule has 0 saturated heterocycles. The van der Waals surface area contributed by atoms with Gasteiger partial charge in [0.15, 0.2) is 17.4 Å². The summed E-state index contributed by atoms with van der Waals surface area (Å²) in [5, 5.41) is 6.47. The Balaban J connectivity index is 1.84. The van der Waals surface area contributed by atoms with Gasteiger partial charge < -0.3 is 15.8 Å². The lowest BCUT2D eigenvalue weighted by atomic mass is 10.2. The molecule has 0 aliphatic heterocycles. The predicted molar refractivity (Wildman–Crippen MR) is 107 cm³/mol. The Kier molecular flexibility index (Phi) is 7.06. The molecule has 0 aromatic carbocycles. The molecule has 3 aromatic heterocycles. The van der Waals surface area contributed by atoms with Crippen molar-refractivity contribution in [2.45, 2.75) is 25.8 Å². The van der Waals surface area contributed by atoms with Gasteiger partial charge in [-0.2, -0.15) is 31.7 Å². The third kappa shape index (κ3) is 5.74. The molecule has 3 rings (SSSR count). The largest absolute Gasteiger partial charge is 0.433 e. The van der Waals surface area contributed by atoms with Gasteiger partial charge in [0.25, 0.3) is 5.91 Å². The molecule has 12 nitrogen and oxygen atoms in total. The van der Waals surface area contributed by atoms with Crippen LogP contribution in [0, 0.1) is 0 Å². The van der Waals surface area contributed by atoms with Gasteiger partial charge in [-0.3, -0.25) is 9.69 Å². The van der Waals surface area contributed by atoms with E-state index in [2.05, 4.69) is 35.1 Å². The van der Waals surface area contributed by atoms with E-state index < -0.39 is 47.9 Å². The van der Waals surface area contributed by atoms with Gasteiger partial charge in [0, 0.05) is 19.2 Å². The van der Waals surface area contributed by atoms with Crippen LogP contribution >= 0.6 is 0 Å². The highest BCUT2D eigenvalue weighted by atomic mass is 19.4. The molecule has 0 unspecified atom stereocenters. The normalized spacial score (nSPS) is 12.3. The second-order valence-corrected chi connectivity index (χ2v) is 6.80. The topological polar surface area (TPSA) is 154 Å². The van der Waals surface area contributed by atoms with E-state index in [0.29, 0.717) is 6.20 Å². The van der Waals surface area contributed by atoms with Crippen molar-refractivity contribution >= 4 is 17.6 Å². The van der Waals surface area contributed by atoms with E-state index in [4.69, 9.17) is 5.73 Å². The molecule has 35 heavy (non-hydrogen) atoms. The number of pyridine rings is 1. The van der Waals surface area contributed by atoms with Crippen LogP contribution in [-0.4, -0.2) is 55.3 Å². The van der Waals surface area contributed by atoms with E-state index in [1.165, 1.54) is 17.7 Å². The third-order valence-electron chi connectivity index (χ3n) is 4.44. The van der Waals surface area contributed by atoms with E-state index in [1.807, 2.05) is 0 Å². The number of alkyl halides is 5. The van der Waals surface area contributed by atoms with Crippen molar-refractivity contribution in [2.75, 3.05) is 11.9 Å². The standard InChI is InChI=1S/C18H16F5N9O3/c1-8(15-28-7-29-32(15)13-3-9(14(24)33)26-6-27-13)30-17(34)31(2)10-5-25-12(18(21,22)23)4-11(10)35-16(19)20/h3-8,16H,1-2H3,(H2,24,33)(H,30,34)/t8-/m0/s1. The number of carbonyl (C=O) groups is 2. The van der Waals surface area contributed by atoms with Gasteiger partial charge in [0.2, 0.25) is 0 Å². The van der Waals surface area contributed by atoms with Gasteiger partial charge in [0.05, 0.1) is 12.2 Å². The second-order valence-electron chi connectivity index (χ2n) is 6.80. The summed E-state index contributed by atoms with van der Waals surface area (Å²) >= 11 is 0. The highest BCUT2D eigenvalue weighted by Gasteiger charge is 2.34. The minimum Gasteiger partial charge on any atom is -0.432 e. The molecule has 1 atom stereocenters. The van der Waals surface area contributed by atoms with Crippen LogP contribution in [0.2, 0.25) is 0 Å². The van der Waals surface area contributed by atoms with Crippen LogP contribution in [0.5, 0.6) is 5.75 Å². The van der Waals surface area contributed by atoms with E-state index in [0.717, 1.165) is 24.6 Å². The highest BCUT2D eigenvalue weighted by molar-refractivity contribution is 5.93. The number of halogens is 5. The number of nitrogens with two attached hydrogens (primary N) is 1. The highest BCUT2D eigenvalue weighted by Crippen LogP contribution is 2.35. The number of primary amides is 1. The van der Waals surface area contributed by atoms with E-state index in [1.54, 1.807) is 0 Å². The zero-order valence-corrected chi connectivity index (χ0v) is 17.9.